The summed E-state index contributed by atoms with van der Waals surface area (Å²) >= 11 is 0. The van der Waals surface area contributed by atoms with Gasteiger partial charge in [0, 0.05) is 20.0 Å². The molecular formula is C19H24N4O3. The lowest BCUT2D eigenvalue weighted by Gasteiger charge is -2.41. The highest BCUT2D eigenvalue weighted by Gasteiger charge is 2.39. The summed E-state index contributed by atoms with van der Waals surface area (Å²) in [6.45, 7) is 2.98. The molecule has 0 unspecified atom stereocenters. The summed E-state index contributed by atoms with van der Waals surface area (Å²) in [5.74, 6) is -0.105. The van der Waals surface area contributed by atoms with Crippen LogP contribution in [0.15, 0.2) is 36.7 Å². The molecule has 1 fully saturated rings. The summed E-state index contributed by atoms with van der Waals surface area (Å²) in [7, 11) is 1.77. The average Bonchev–Trinajstić information content (AvgIpc) is 2.67. The van der Waals surface area contributed by atoms with E-state index in [9.17, 15) is 9.90 Å². The van der Waals surface area contributed by atoms with Crippen molar-refractivity contribution in [3.8, 4) is 0 Å². The zero-order valence-electron chi connectivity index (χ0n) is 15.1. The van der Waals surface area contributed by atoms with Gasteiger partial charge in [0.15, 0.2) is 0 Å². The van der Waals surface area contributed by atoms with Gasteiger partial charge in [-0.1, -0.05) is 29.8 Å². The number of aryl methyl sites for hydroxylation is 1. The molecule has 138 valence electrons. The highest BCUT2D eigenvalue weighted by molar-refractivity contribution is 5.90. The van der Waals surface area contributed by atoms with E-state index in [1.165, 1.54) is 0 Å². The Morgan fingerprint density at radius 2 is 2.15 bits per heavy atom. The van der Waals surface area contributed by atoms with Crippen molar-refractivity contribution in [2.45, 2.75) is 18.9 Å². The Labute approximate surface area is 153 Å². The number of ether oxygens (including phenoxy) is 1. The predicted octanol–water partition coefficient (Wildman–Crippen LogP) is 1.27. The molecule has 2 aromatic rings. The fraction of sp³-hybridized carbons (Fsp3) is 0.421. The Balaban J connectivity index is 1.76. The third kappa shape index (κ3) is 4.00. The number of aliphatic hydroxyl groups excluding tert-OH is 1. The van der Waals surface area contributed by atoms with Gasteiger partial charge >= 0.3 is 0 Å². The summed E-state index contributed by atoms with van der Waals surface area (Å²) in [5, 5.41) is 12.9. The van der Waals surface area contributed by atoms with Crippen molar-refractivity contribution in [3.05, 3.63) is 53.6 Å². The number of carbonyl (C=O) groups excluding carboxylic acids is 1. The number of rotatable bonds is 5. The van der Waals surface area contributed by atoms with Crippen LogP contribution in [0.2, 0.25) is 0 Å². The van der Waals surface area contributed by atoms with Crippen LogP contribution in [0.5, 0.6) is 0 Å². The van der Waals surface area contributed by atoms with Crippen molar-refractivity contribution in [2.24, 2.45) is 0 Å². The van der Waals surface area contributed by atoms with Crippen LogP contribution in [0.1, 0.15) is 21.7 Å². The van der Waals surface area contributed by atoms with Gasteiger partial charge in [-0.25, -0.2) is 9.97 Å². The van der Waals surface area contributed by atoms with Crippen molar-refractivity contribution in [2.75, 3.05) is 38.7 Å². The Morgan fingerprint density at radius 3 is 2.81 bits per heavy atom. The number of nitrogens with zero attached hydrogens (tertiary/aromatic N) is 3. The molecule has 1 aliphatic rings. The molecule has 1 aliphatic heterocycles. The van der Waals surface area contributed by atoms with Crippen molar-refractivity contribution in [3.63, 3.8) is 0 Å². The van der Waals surface area contributed by atoms with Gasteiger partial charge in [-0.05, 0) is 12.5 Å². The second-order valence-corrected chi connectivity index (χ2v) is 6.63. The smallest absolute Gasteiger partial charge is 0.291 e. The zero-order chi connectivity index (χ0) is 18.6. The van der Waals surface area contributed by atoms with Crippen LogP contribution in [0.3, 0.4) is 0 Å². The van der Waals surface area contributed by atoms with Crippen LogP contribution in [-0.2, 0) is 11.2 Å². The summed E-state index contributed by atoms with van der Waals surface area (Å²) in [6.07, 6.45) is 3.69. The highest BCUT2D eigenvalue weighted by atomic mass is 16.5. The van der Waals surface area contributed by atoms with Crippen LogP contribution in [0, 0.1) is 6.92 Å². The molecule has 7 heteroatoms. The first-order chi connectivity index (χ1) is 12.5. The maximum atomic E-state index is 12.8. The Kier molecular flexibility index (Phi) is 5.49. The third-order valence-electron chi connectivity index (χ3n) is 4.56. The molecule has 0 saturated carbocycles. The van der Waals surface area contributed by atoms with Gasteiger partial charge in [-0.15, -0.1) is 0 Å². The number of anilines is 1. The molecule has 0 spiro atoms. The van der Waals surface area contributed by atoms with Crippen LogP contribution >= 0.6 is 0 Å². The predicted molar refractivity (Wildman–Crippen MR) is 98.1 cm³/mol. The second-order valence-electron chi connectivity index (χ2n) is 6.63. The Morgan fingerprint density at radius 1 is 1.38 bits per heavy atom. The number of aliphatic hydroxyl groups is 1. The zero-order valence-corrected chi connectivity index (χ0v) is 15.1. The average molecular weight is 356 g/mol. The lowest BCUT2D eigenvalue weighted by atomic mass is 9.92. The van der Waals surface area contributed by atoms with Crippen molar-refractivity contribution >= 4 is 11.6 Å². The third-order valence-corrected chi connectivity index (χ3v) is 4.56. The molecule has 0 aliphatic carbocycles. The Hall–Kier alpha value is -2.51. The van der Waals surface area contributed by atoms with Crippen molar-refractivity contribution in [1.82, 2.24) is 14.9 Å². The quantitative estimate of drug-likeness (QED) is 0.839. The Bertz CT molecular complexity index is 766. The fourth-order valence-electron chi connectivity index (χ4n) is 3.18. The molecule has 3 rings (SSSR count). The maximum Gasteiger partial charge on any atom is 0.291 e. The number of benzene rings is 1. The molecule has 1 aromatic carbocycles. The van der Waals surface area contributed by atoms with Crippen LogP contribution in [0.4, 0.5) is 5.69 Å². The molecule has 1 aromatic heterocycles. The number of hydrogen-bond donors (Lipinski definition) is 2. The summed E-state index contributed by atoms with van der Waals surface area (Å²) < 4.78 is 5.92. The van der Waals surface area contributed by atoms with Gasteiger partial charge in [0.05, 0.1) is 37.8 Å². The molecule has 1 amide bonds. The van der Waals surface area contributed by atoms with Gasteiger partial charge in [-0.2, -0.15) is 0 Å². The molecular weight excluding hydrogens is 332 g/mol. The lowest BCUT2D eigenvalue weighted by molar-refractivity contribution is -0.123. The number of nitrogens with one attached hydrogen (secondary N) is 1. The number of aromatic nitrogens is 2. The van der Waals surface area contributed by atoms with E-state index in [0.717, 1.165) is 16.8 Å². The molecule has 7 nitrogen and oxygen atoms in total. The molecule has 2 heterocycles. The van der Waals surface area contributed by atoms with E-state index < -0.39 is 5.60 Å². The largest absolute Gasteiger partial charge is 0.393 e. The van der Waals surface area contributed by atoms with E-state index in [-0.39, 0.29) is 18.3 Å². The minimum absolute atomic E-state index is 0.147. The monoisotopic (exact) mass is 356 g/mol. The van der Waals surface area contributed by atoms with Crippen LogP contribution in [0.25, 0.3) is 0 Å². The maximum absolute atomic E-state index is 12.8. The van der Waals surface area contributed by atoms with Crippen LogP contribution < -0.4 is 5.32 Å². The van der Waals surface area contributed by atoms with E-state index in [1.807, 2.05) is 25.1 Å². The van der Waals surface area contributed by atoms with Gasteiger partial charge in [-0.3, -0.25) is 4.79 Å². The number of morpholine rings is 1. The van der Waals surface area contributed by atoms with Gasteiger partial charge in [0.25, 0.3) is 5.91 Å². The van der Waals surface area contributed by atoms with E-state index >= 15 is 0 Å². The van der Waals surface area contributed by atoms with Crippen LogP contribution in [-0.4, -0.2) is 64.8 Å². The highest BCUT2D eigenvalue weighted by Crippen LogP contribution is 2.24. The first-order valence-corrected chi connectivity index (χ1v) is 8.65. The van der Waals surface area contributed by atoms with Gasteiger partial charge in [0.1, 0.15) is 5.60 Å². The topological polar surface area (TPSA) is 87.6 Å². The first-order valence-electron chi connectivity index (χ1n) is 8.65. The van der Waals surface area contributed by atoms with Crippen molar-refractivity contribution in [1.29, 1.82) is 0 Å². The number of carbonyl (C=O) groups is 1. The number of amides is 1. The molecule has 1 saturated heterocycles. The summed E-state index contributed by atoms with van der Waals surface area (Å²) in [5.41, 5.74) is 2.15. The van der Waals surface area contributed by atoms with Gasteiger partial charge in [0.2, 0.25) is 5.82 Å². The number of hydrogen-bond acceptors (Lipinski definition) is 6. The lowest BCUT2D eigenvalue weighted by Crippen LogP contribution is -2.57. The molecule has 2 N–H and O–H groups in total. The van der Waals surface area contributed by atoms with Gasteiger partial charge < -0.3 is 20.1 Å². The summed E-state index contributed by atoms with van der Waals surface area (Å²) in [4.78, 5) is 22.7. The van der Waals surface area contributed by atoms with E-state index in [0.29, 0.717) is 26.1 Å². The van der Waals surface area contributed by atoms with E-state index in [2.05, 4.69) is 21.4 Å². The SMILES string of the molecule is CNc1cnc(C(=O)N2CCO[C@@](CO)(Cc3cccc(C)c3)C2)nc1. The standard InChI is InChI=1S/C19H24N4O3/c1-14-4-3-5-15(8-14)9-19(13-24)12-23(6-7-26-19)18(25)17-21-10-16(20-2)11-22-17/h3-5,8,10-11,20,24H,6-7,9,12-13H2,1-2H3/t19-/m0/s1. The normalized spacial score (nSPS) is 20.0. The molecule has 1 atom stereocenters. The fourth-order valence-corrected chi connectivity index (χ4v) is 3.18. The first kappa shape index (κ1) is 18.3. The molecule has 26 heavy (non-hydrogen) atoms. The molecule has 0 bridgehead atoms. The molecule has 0 radical (unpaired) electrons. The van der Waals surface area contributed by atoms with E-state index in [1.54, 1.807) is 24.3 Å². The minimum atomic E-state index is -0.813. The second kappa shape index (κ2) is 7.80. The minimum Gasteiger partial charge on any atom is -0.393 e. The van der Waals surface area contributed by atoms with E-state index in [4.69, 9.17) is 4.74 Å². The summed E-state index contributed by atoms with van der Waals surface area (Å²) in [6, 6.07) is 8.09. The van der Waals surface area contributed by atoms with Crippen molar-refractivity contribution < 1.29 is 14.6 Å².